The molecule has 0 N–H and O–H groups in total. The highest BCUT2D eigenvalue weighted by Crippen LogP contribution is 2.64. The molecule has 2 aliphatic rings. The van der Waals surface area contributed by atoms with Crippen LogP contribution in [0.25, 0.3) is 0 Å². The lowest BCUT2D eigenvalue weighted by molar-refractivity contribution is -0.157. The van der Waals surface area contributed by atoms with Gasteiger partial charge in [-0.3, -0.25) is 0 Å². The van der Waals surface area contributed by atoms with Gasteiger partial charge in [0.25, 0.3) is 0 Å². The average Bonchev–Trinajstić information content (AvgIpc) is 2.63. The number of aromatic nitrogens is 2. The molecule has 2 fully saturated rings. The summed E-state index contributed by atoms with van der Waals surface area (Å²) in [6.07, 6.45) is -0.605. The van der Waals surface area contributed by atoms with Gasteiger partial charge >= 0.3 is 12.1 Å². The number of rotatable bonds is 1. The Hall–Kier alpha value is -1.07. The summed E-state index contributed by atoms with van der Waals surface area (Å²) in [5.74, 6) is -0.555. The average molecular weight is 218 g/mol. The van der Waals surface area contributed by atoms with Crippen LogP contribution >= 0.6 is 0 Å². The maximum atomic E-state index is 12.2. The minimum atomic E-state index is -4.52. The molecule has 2 unspecified atom stereocenters. The van der Waals surface area contributed by atoms with E-state index in [0.29, 0.717) is 5.92 Å². The van der Waals surface area contributed by atoms with Gasteiger partial charge in [0.2, 0.25) is 5.89 Å². The largest absolute Gasteiger partial charge is 0.470 e. The van der Waals surface area contributed by atoms with Crippen molar-refractivity contribution in [1.82, 2.24) is 10.2 Å². The quantitative estimate of drug-likeness (QED) is 0.727. The first-order valence-electron chi connectivity index (χ1n) is 4.93. The van der Waals surface area contributed by atoms with Crippen LogP contribution in [0.5, 0.6) is 0 Å². The van der Waals surface area contributed by atoms with Gasteiger partial charge in [0.15, 0.2) is 0 Å². The fourth-order valence-corrected chi connectivity index (χ4v) is 2.64. The lowest BCUT2D eigenvalue weighted by atomic mass is 10.0. The third kappa shape index (κ3) is 1.20. The molecule has 0 bridgehead atoms. The van der Waals surface area contributed by atoms with Crippen LogP contribution in [-0.4, -0.2) is 10.2 Å². The van der Waals surface area contributed by atoms with Gasteiger partial charge in [-0.2, -0.15) is 13.2 Å². The molecule has 6 heteroatoms. The minimum Gasteiger partial charge on any atom is -0.417 e. The van der Waals surface area contributed by atoms with Crippen molar-refractivity contribution in [3.63, 3.8) is 0 Å². The van der Waals surface area contributed by atoms with E-state index in [2.05, 4.69) is 10.2 Å². The topological polar surface area (TPSA) is 38.9 Å². The molecule has 2 atom stereocenters. The van der Waals surface area contributed by atoms with E-state index in [1.54, 1.807) is 0 Å². The van der Waals surface area contributed by atoms with Gasteiger partial charge in [-0.25, -0.2) is 0 Å². The van der Waals surface area contributed by atoms with Crippen LogP contribution in [0.3, 0.4) is 0 Å². The monoisotopic (exact) mass is 218 g/mol. The molecular weight excluding hydrogens is 209 g/mol. The summed E-state index contributed by atoms with van der Waals surface area (Å²) in [5.41, 5.74) is -0.198. The zero-order valence-electron chi connectivity index (χ0n) is 7.84. The number of hydrogen-bond acceptors (Lipinski definition) is 3. The second-order valence-corrected chi connectivity index (χ2v) is 4.36. The molecule has 82 valence electrons. The first-order chi connectivity index (χ1) is 7.02. The summed E-state index contributed by atoms with van der Waals surface area (Å²) >= 11 is 0. The Kier molecular flexibility index (Phi) is 1.55. The van der Waals surface area contributed by atoms with Gasteiger partial charge in [0.1, 0.15) is 0 Å². The predicted molar refractivity (Wildman–Crippen MR) is 42.9 cm³/mol. The Labute approximate surface area is 83.7 Å². The summed E-state index contributed by atoms with van der Waals surface area (Å²) in [5, 5.41) is 6.60. The van der Waals surface area contributed by atoms with Gasteiger partial charge in [0, 0.05) is 0 Å². The molecule has 3 rings (SSSR count). The van der Waals surface area contributed by atoms with E-state index in [1.807, 2.05) is 0 Å². The second kappa shape index (κ2) is 2.54. The third-order valence-corrected chi connectivity index (χ3v) is 3.50. The molecule has 0 aromatic carbocycles. The summed E-state index contributed by atoms with van der Waals surface area (Å²) in [6, 6.07) is 0. The molecule has 1 aromatic rings. The Morgan fingerprint density at radius 3 is 2.60 bits per heavy atom. The summed E-state index contributed by atoms with van der Waals surface area (Å²) in [4.78, 5) is 0. The molecule has 2 saturated carbocycles. The van der Waals surface area contributed by atoms with Crippen LogP contribution in [0.1, 0.15) is 37.5 Å². The van der Waals surface area contributed by atoms with Crippen molar-refractivity contribution in [2.24, 2.45) is 5.92 Å². The van der Waals surface area contributed by atoms with Crippen molar-refractivity contribution < 1.29 is 17.6 Å². The van der Waals surface area contributed by atoms with Crippen LogP contribution in [0.2, 0.25) is 0 Å². The van der Waals surface area contributed by atoms with Gasteiger partial charge in [-0.05, 0) is 25.2 Å². The van der Waals surface area contributed by atoms with Crippen LogP contribution in [-0.2, 0) is 11.6 Å². The van der Waals surface area contributed by atoms with Crippen molar-refractivity contribution in [3.05, 3.63) is 11.8 Å². The van der Waals surface area contributed by atoms with Crippen LogP contribution in [0.4, 0.5) is 13.2 Å². The molecule has 0 saturated heterocycles. The number of nitrogens with zero attached hydrogens (tertiary/aromatic N) is 2. The fourth-order valence-electron chi connectivity index (χ4n) is 2.64. The number of alkyl halides is 3. The maximum Gasteiger partial charge on any atom is 0.470 e. The van der Waals surface area contributed by atoms with E-state index in [-0.39, 0.29) is 11.3 Å². The summed E-state index contributed by atoms with van der Waals surface area (Å²) in [7, 11) is 0. The Balaban J connectivity index is 1.92. The Morgan fingerprint density at radius 2 is 2.13 bits per heavy atom. The zero-order chi connectivity index (χ0) is 10.7. The fraction of sp³-hybridized carbons (Fsp3) is 0.778. The van der Waals surface area contributed by atoms with Gasteiger partial charge in [-0.15, -0.1) is 10.2 Å². The standard InChI is InChI=1S/C9H9F3N2O/c10-9(11,12)7-14-13-6(15-7)8-3-1-2-5(8)4-8/h5H,1-4H2. The van der Waals surface area contributed by atoms with E-state index in [0.717, 1.165) is 25.7 Å². The third-order valence-electron chi connectivity index (χ3n) is 3.50. The lowest BCUT2D eigenvalue weighted by Crippen LogP contribution is -2.06. The number of halogens is 3. The summed E-state index contributed by atoms with van der Waals surface area (Å²) < 4.78 is 41.4. The molecule has 0 spiro atoms. The van der Waals surface area contributed by atoms with Crippen molar-refractivity contribution in [1.29, 1.82) is 0 Å². The normalized spacial score (nSPS) is 34.2. The molecule has 3 nitrogen and oxygen atoms in total. The Morgan fingerprint density at radius 1 is 1.33 bits per heavy atom. The van der Waals surface area contributed by atoms with Gasteiger partial charge < -0.3 is 4.42 Å². The van der Waals surface area contributed by atoms with Crippen molar-refractivity contribution >= 4 is 0 Å². The Bertz CT molecular complexity index is 400. The highest BCUT2D eigenvalue weighted by molar-refractivity contribution is 5.23. The number of hydrogen-bond donors (Lipinski definition) is 0. The summed E-state index contributed by atoms with van der Waals surface area (Å²) in [6.45, 7) is 0. The smallest absolute Gasteiger partial charge is 0.417 e. The van der Waals surface area contributed by atoms with Crippen LogP contribution < -0.4 is 0 Å². The van der Waals surface area contributed by atoms with Crippen LogP contribution in [0.15, 0.2) is 4.42 Å². The lowest BCUT2D eigenvalue weighted by Gasteiger charge is -2.04. The minimum absolute atomic E-state index is 0.192. The SMILES string of the molecule is FC(F)(F)c1nnc(C23CCCC2C3)o1. The molecule has 0 aliphatic heterocycles. The van der Waals surface area contributed by atoms with E-state index < -0.39 is 12.1 Å². The van der Waals surface area contributed by atoms with Crippen LogP contribution in [0, 0.1) is 5.92 Å². The molecule has 0 amide bonds. The molecule has 0 radical (unpaired) electrons. The molecule has 2 aliphatic carbocycles. The van der Waals surface area contributed by atoms with E-state index in [1.165, 1.54) is 0 Å². The van der Waals surface area contributed by atoms with Crippen molar-refractivity contribution in [2.45, 2.75) is 37.3 Å². The second-order valence-electron chi connectivity index (χ2n) is 4.36. The predicted octanol–water partition coefficient (Wildman–Crippen LogP) is 2.53. The van der Waals surface area contributed by atoms with Crippen molar-refractivity contribution in [2.75, 3.05) is 0 Å². The van der Waals surface area contributed by atoms with Crippen molar-refractivity contribution in [3.8, 4) is 0 Å². The highest BCUT2D eigenvalue weighted by atomic mass is 19.4. The molecule has 1 aromatic heterocycles. The molecular formula is C9H9F3N2O. The first-order valence-corrected chi connectivity index (χ1v) is 4.93. The first kappa shape index (κ1) is 9.18. The molecule has 1 heterocycles. The number of fused-ring (bicyclic) bond motifs is 1. The van der Waals surface area contributed by atoms with Gasteiger partial charge in [-0.1, -0.05) is 6.42 Å². The zero-order valence-corrected chi connectivity index (χ0v) is 7.84. The maximum absolute atomic E-state index is 12.2. The molecule has 15 heavy (non-hydrogen) atoms. The van der Waals surface area contributed by atoms with E-state index in [4.69, 9.17) is 4.42 Å². The highest BCUT2D eigenvalue weighted by Gasteiger charge is 2.62. The van der Waals surface area contributed by atoms with E-state index >= 15 is 0 Å². The van der Waals surface area contributed by atoms with E-state index in [9.17, 15) is 13.2 Å². The van der Waals surface area contributed by atoms with Gasteiger partial charge in [0.05, 0.1) is 5.41 Å².